The molecule has 2 aliphatic rings. The quantitative estimate of drug-likeness (QED) is 0.603. The van der Waals surface area contributed by atoms with Gasteiger partial charge in [0.05, 0.1) is 0 Å². The molecule has 0 N–H and O–H groups in total. The maximum absolute atomic E-state index is 5.83. The summed E-state index contributed by atoms with van der Waals surface area (Å²) in [7, 11) is 2.19. The molecule has 2 aliphatic heterocycles. The SMILES string of the molecule is C[C@H]1[CH-]OC(Oc2ccc(CN3CCN(C)CC3)cc2)C1.[Cs+]. The van der Waals surface area contributed by atoms with Gasteiger partial charge in [-0.25, -0.2) is 6.61 Å². The van der Waals surface area contributed by atoms with Crippen LogP contribution in [0.25, 0.3) is 0 Å². The van der Waals surface area contributed by atoms with E-state index in [1.54, 1.807) is 0 Å². The first kappa shape index (κ1) is 19.3. The van der Waals surface area contributed by atoms with Crippen molar-refractivity contribution < 1.29 is 78.4 Å². The van der Waals surface area contributed by atoms with E-state index in [1.165, 1.54) is 5.56 Å². The van der Waals surface area contributed by atoms with Crippen LogP contribution >= 0.6 is 0 Å². The van der Waals surface area contributed by atoms with Crippen LogP contribution in [-0.4, -0.2) is 49.3 Å². The number of piperazine rings is 1. The molecule has 1 unspecified atom stereocenters. The molecule has 0 radical (unpaired) electrons. The minimum atomic E-state index is -0.122. The first-order valence-corrected chi connectivity index (χ1v) is 7.84. The number of rotatable bonds is 4. The van der Waals surface area contributed by atoms with E-state index in [4.69, 9.17) is 9.47 Å². The predicted octanol–water partition coefficient (Wildman–Crippen LogP) is -0.639. The maximum Gasteiger partial charge on any atom is 1.00 e. The van der Waals surface area contributed by atoms with E-state index < -0.39 is 0 Å². The minimum absolute atomic E-state index is 0. The number of ether oxygens (including phenoxy) is 2. The monoisotopic (exact) mass is 422 g/mol. The summed E-state index contributed by atoms with van der Waals surface area (Å²) in [5, 5.41) is 0. The molecule has 1 aromatic rings. The topological polar surface area (TPSA) is 24.9 Å². The van der Waals surface area contributed by atoms with Gasteiger partial charge in [0.2, 0.25) is 0 Å². The molecule has 2 saturated heterocycles. The molecule has 0 spiro atoms. The van der Waals surface area contributed by atoms with Crippen LogP contribution in [0.5, 0.6) is 5.75 Å². The van der Waals surface area contributed by atoms with Crippen molar-refractivity contribution >= 4 is 0 Å². The van der Waals surface area contributed by atoms with Crippen LogP contribution in [0, 0.1) is 12.5 Å². The zero-order chi connectivity index (χ0) is 14.7. The zero-order valence-corrected chi connectivity index (χ0v) is 20.3. The van der Waals surface area contributed by atoms with Gasteiger partial charge < -0.3 is 14.4 Å². The second-order valence-electron chi connectivity index (χ2n) is 6.26. The molecule has 4 nitrogen and oxygen atoms in total. The molecule has 116 valence electrons. The minimum Gasteiger partial charge on any atom is -0.520 e. The van der Waals surface area contributed by atoms with Gasteiger partial charge in [-0.1, -0.05) is 19.1 Å². The average molecular weight is 422 g/mol. The van der Waals surface area contributed by atoms with Crippen molar-refractivity contribution in [2.24, 2.45) is 5.92 Å². The van der Waals surface area contributed by atoms with Crippen molar-refractivity contribution in [2.75, 3.05) is 33.2 Å². The molecule has 0 amide bonds. The second kappa shape index (κ2) is 9.44. The van der Waals surface area contributed by atoms with E-state index in [0.29, 0.717) is 5.92 Å². The Morgan fingerprint density at radius 1 is 1.18 bits per heavy atom. The molecule has 0 aliphatic carbocycles. The third-order valence-corrected chi connectivity index (χ3v) is 4.22. The Morgan fingerprint density at radius 2 is 1.86 bits per heavy atom. The van der Waals surface area contributed by atoms with Crippen LogP contribution in [0.15, 0.2) is 24.3 Å². The van der Waals surface area contributed by atoms with Crippen LogP contribution < -0.4 is 73.6 Å². The summed E-state index contributed by atoms with van der Waals surface area (Å²) in [5.74, 6) is 1.37. The maximum atomic E-state index is 5.83. The predicted molar refractivity (Wildman–Crippen MR) is 82.8 cm³/mol. The van der Waals surface area contributed by atoms with E-state index in [-0.39, 0.29) is 75.2 Å². The van der Waals surface area contributed by atoms with Gasteiger partial charge in [0, 0.05) is 32.7 Å². The van der Waals surface area contributed by atoms with Gasteiger partial charge in [-0.05, 0) is 31.2 Å². The summed E-state index contributed by atoms with van der Waals surface area (Å²) in [6.45, 7) is 9.66. The molecular formula is C17H25CsN2O2. The van der Waals surface area contributed by atoms with Crippen LogP contribution in [0.4, 0.5) is 0 Å². The molecule has 3 rings (SSSR count). The zero-order valence-electron chi connectivity index (χ0n) is 14.0. The normalized spacial score (nSPS) is 26.6. The molecule has 1 aromatic carbocycles. The summed E-state index contributed by atoms with van der Waals surface area (Å²) in [4.78, 5) is 4.89. The van der Waals surface area contributed by atoms with Crippen molar-refractivity contribution in [1.82, 2.24) is 9.80 Å². The molecule has 0 saturated carbocycles. The van der Waals surface area contributed by atoms with E-state index >= 15 is 0 Å². The van der Waals surface area contributed by atoms with Gasteiger partial charge in [0.25, 0.3) is 0 Å². The second-order valence-corrected chi connectivity index (χ2v) is 6.26. The van der Waals surface area contributed by atoms with Crippen LogP contribution in [0.2, 0.25) is 0 Å². The van der Waals surface area contributed by atoms with Gasteiger partial charge in [-0.15, -0.1) is 5.92 Å². The summed E-state index contributed by atoms with van der Waals surface area (Å²) >= 11 is 0. The van der Waals surface area contributed by atoms with Crippen LogP contribution in [0.3, 0.4) is 0 Å². The largest absolute Gasteiger partial charge is 1.00 e. The fourth-order valence-electron chi connectivity index (χ4n) is 2.80. The summed E-state index contributed by atoms with van der Waals surface area (Å²) in [6.07, 6.45) is 0.812. The van der Waals surface area contributed by atoms with Crippen molar-refractivity contribution in [1.29, 1.82) is 0 Å². The Bertz CT molecular complexity index is 446. The summed E-state index contributed by atoms with van der Waals surface area (Å²) in [5.41, 5.74) is 1.35. The molecular weight excluding hydrogens is 397 g/mol. The molecule has 2 atom stereocenters. The third-order valence-electron chi connectivity index (χ3n) is 4.22. The van der Waals surface area contributed by atoms with E-state index in [0.717, 1.165) is 44.9 Å². The van der Waals surface area contributed by atoms with E-state index in [1.807, 2.05) is 6.61 Å². The number of hydrogen-bond acceptors (Lipinski definition) is 4. The number of benzene rings is 1. The van der Waals surface area contributed by atoms with Gasteiger partial charge in [-0.2, -0.15) is 0 Å². The Hall–Kier alpha value is 0.952. The smallest absolute Gasteiger partial charge is 0.520 e. The van der Waals surface area contributed by atoms with Gasteiger partial charge in [0.15, 0.2) is 6.29 Å². The van der Waals surface area contributed by atoms with Crippen molar-refractivity contribution in [3.63, 3.8) is 0 Å². The number of nitrogens with zero attached hydrogens (tertiary/aromatic N) is 2. The first-order chi connectivity index (χ1) is 10.2. The Morgan fingerprint density at radius 3 is 2.45 bits per heavy atom. The Balaban J connectivity index is 0.00000176. The molecule has 0 bridgehead atoms. The fraction of sp³-hybridized carbons (Fsp3) is 0.588. The van der Waals surface area contributed by atoms with Crippen LogP contribution in [0.1, 0.15) is 18.9 Å². The van der Waals surface area contributed by atoms with Crippen molar-refractivity contribution in [3.05, 3.63) is 36.4 Å². The standard InChI is InChI=1S/C17H25N2O2.Cs/c1-14-11-17(20-13-14)21-16-5-3-15(4-6-16)12-19-9-7-18(2)8-10-19;/h3-6,13-14,17H,7-12H2,1-2H3;/q-1;+1/t14-,17?;/m1./s1. The van der Waals surface area contributed by atoms with Crippen molar-refractivity contribution in [3.8, 4) is 5.75 Å². The van der Waals surface area contributed by atoms with Crippen LogP contribution in [-0.2, 0) is 11.3 Å². The average Bonchev–Trinajstić information content (AvgIpc) is 2.89. The van der Waals surface area contributed by atoms with Gasteiger partial charge in [0.1, 0.15) is 5.75 Å². The molecule has 2 fully saturated rings. The van der Waals surface area contributed by atoms with Crippen molar-refractivity contribution in [2.45, 2.75) is 26.2 Å². The Labute approximate surface area is 192 Å². The fourth-order valence-corrected chi connectivity index (χ4v) is 2.80. The molecule has 22 heavy (non-hydrogen) atoms. The Kier molecular flexibility index (Phi) is 8.27. The summed E-state index contributed by atoms with van der Waals surface area (Å²) in [6, 6.07) is 8.43. The third kappa shape index (κ3) is 5.79. The first-order valence-electron chi connectivity index (χ1n) is 7.84. The molecule has 0 aromatic heterocycles. The number of hydrogen-bond donors (Lipinski definition) is 0. The molecule has 2 heterocycles. The molecule has 5 heteroatoms. The summed E-state index contributed by atoms with van der Waals surface area (Å²) < 4.78 is 11.3. The van der Waals surface area contributed by atoms with E-state index in [2.05, 4.69) is 48.0 Å². The number of likely N-dealkylation sites (N-methyl/N-ethyl adjacent to an activating group) is 1. The van der Waals surface area contributed by atoms with Gasteiger partial charge in [-0.3, -0.25) is 4.90 Å². The van der Waals surface area contributed by atoms with Gasteiger partial charge >= 0.3 is 68.9 Å². The van der Waals surface area contributed by atoms with E-state index in [9.17, 15) is 0 Å².